The Kier molecular flexibility index (Phi) is 5.20. The molecule has 0 aliphatic rings. The van der Waals surface area contributed by atoms with Gasteiger partial charge in [0.1, 0.15) is 0 Å². The fourth-order valence-corrected chi connectivity index (χ4v) is 2.41. The maximum atomic E-state index is 12.1. The molecule has 1 amide bonds. The SMILES string of the molecule is Cc1cc(Cl)ccc1Nc1ncc(C(=O)NCc2cccnc2)cn1. The molecule has 3 rings (SSSR count). The lowest BCUT2D eigenvalue weighted by Crippen LogP contribution is -2.23. The number of aryl methyl sites for hydroxylation is 1. The Bertz CT molecular complexity index is 868. The van der Waals surface area contributed by atoms with Crippen molar-refractivity contribution in [3.63, 3.8) is 0 Å². The summed E-state index contributed by atoms with van der Waals surface area (Å²) in [6.07, 6.45) is 6.36. The van der Waals surface area contributed by atoms with Gasteiger partial charge in [-0.3, -0.25) is 9.78 Å². The molecule has 126 valence electrons. The maximum Gasteiger partial charge on any atom is 0.254 e. The van der Waals surface area contributed by atoms with Gasteiger partial charge in [-0.05, 0) is 42.3 Å². The number of anilines is 2. The molecule has 2 N–H and O–H groups in total. The third kappa shape index (κ3) is 4.51. The van der Waals surface area contributed by atoms with Crippen LogP contribution in [0.5, 0.6) is 0 Å². The minimum Gasteiger partial charge on any atom is -0.348 e. The van der Waals surface area contributed by atoms with E-state index in [1.54, 1.807) is 18.5 Å². The van der Waals surface area contributed by atoms with Gasteiger partial charge < -0.3 is 10.6 Å². The van der Waals surface area contributed by atoms with E-state index in [9.17, 15) is 4.79 Å². The minimum atomic E-state index is -0.238. The summed E-state index contributed by atoms with van der Waals surface area (Å²) in [7, 11) is 0. The number of amides is 1. The maximum absolute atomic E-state index is 12.1. The molecular formula is C18H16ClN5O. The highest BCUT2D eigenvalue weighted by Crippen LogP contribution is 2.21. The lowest BCUT2D eigenvalue weighted by molar-refractivity contribution is 0.0950. The summed E-state index contributed by atoms with van der Waals surface area (Å²) in [5.41, 5.74) is 3.16. The fourth-order valence-electron chi connectivity index (χ4n) is 2.18. The fraction of sp³-hybridized carbons (Fsp3) is 0.111. The molecule has 6 nitrogen and oxygen atoms in total. The van der Waals surface area contributed by atoms with Crippen LogP contribution in [0.25, 0.3) is 0 Å². The first-order valence-electron chi connectivity index (χ1n) is 7.64. The molecule has 0 atom stereocenters. The molecule has 0 saturated carbocycles. The van der Waals surface area contributed by atoms with Crippen molar-refractivity contribution >= 4 is 29.1 Å². The Hall–Kier alpha value is -2.99. The highest BCUT2D eigenvalue weighted by molar-refractivity contribution is 6.30. The highest BCUT2D eigenvalue weighted by Gasteiger charge is 2.08. The summed E-state index contributed by atoms with van der Waals surface area (Å²) < 4.78 is 0. The van der Waals surface area contributed by atoms with Crippen LogP contribution in [-0.2, 0) is 6.54 Å². The molecule has 0 spiro atoms. The van der Waals surface area contributed by atoms with Gasteiger partial charge in [0.05, 0.1) is 5.56 Å². The van der Waals surface area contributed by atoms with Gasteiger partial charge in [-0.25, -0.2) is 9.97 Å². The Morgan fingerprint density at radius 3 is 2.64 bits per heavy atom. The molecular weight excluding hydrogens is 338 g/mol. The molecule has 0 fully saturated rings. The Morgan fingerprint density at radius 2 is 1.96 bits per heavy atom. The molecule has 0 saturated heterocycles. The summed E-state index contributed by atoms with van der Waals surface area (Å²) >= 11 is 5.94. The lowest BCUT2D eigenvalue weighted by atomic mass is 10.2. The van der Waals surface area contributed by atoms with Crippen molar-refractivity contribution in [1.29, 1.82) is 0 Å². The topological polar surface area (TPSA) is 79.8 Å². The van der Waals surface area contributed by atoms with Gasteiger partial charge in [-0.15, -0.1) is 0 Å². The number of hydrogen-bond acceptors (Lipinski definition) is 5. The summed E-state index contributed by atoms with van der Waals surface area (Å²) in [6.45, 7) is 2.34. The van der Waals surface area contributed by atoms with Gasteiger partial charge in [-0.2, -0.15) is 0 Å². The molecule has 2 aromatic heterocycles. The van der Waals surface area contributed by atoms with E-state index in [0.29, 0.717) is 23.1 Å². The average molecular weight is 354 g/mol. The van der Waals surface area contributed by atoms with Crippen LogP contribution in [0, 0.1) is 6.92 Å². The molecule has 0 unspecified atom stereocenters. The Labute approximate surface area is 150 Å². The summed E-state index contributed by atoms with van der Waals surface area (Å²) in [6, 6.07) is 9.21. The molecule has 7 heteroatoms. The molecule has 0 radical (unpaired) electrons. The van der Waals surface area contributed by atoms with Crippen LogP contribution in [-0.4, -0.2) is 20.9 Å². The zero-order valence-electron chi connectivity index (χ0n) is 13.5. The molecule has 25 heavy (non-hydrogen) atoms. The van der Waals surface area contributed by atoms with Gasteiger partial charge >= 0.3 is 0 Å². The van der Waals surface area contributed by atoms with E-state index in [-0.39, 0.29) is 5.91 Å². The van der Waals surface area contributed by atoms with Gasteiger partial charge in [0.2, 0.25) is 5.95 Å². The predicted molar refractivity (Wildman–Crippen MR) is 96.9 cm³/mol. The lowest BCUT2D eigenvalue weighted by Gasteiger charge is -2.09. The smallest absolute Gasteiger partial charge is 0.254 e. The molecule has 0 aliphatic carbocycles. The van der Waals surface area contributed by atoms with E-state index < -0.39 is 0 Å². The van der Waals surface area contributed by atoms with E-state index in [1.807, 2.05) is 31.2 Å². The monoisotopic (exact) mass is 353 g/mol. The first-order valence-corrected chi connectivity index (χ1v) is 8.02. The quantitative estimate of drug-likeness (QED) is 0.733. The second kappa shape index (κ2) is 7.72. The van der Waals surface area contributed by atoms with Gasteiger partial charge in [0.15, 0.2) is 0 Å². The van der Waals surface area contributed by atoms with Crippen LogP contribution in [0.1, 0.15) is 21.5 Å². The van der Waals surface area contributed by atoms with Crippen LogP contribution in [0.2, 0.25) is 5.02 Å². The number of hydrogen-bond donors (Lipinski definition) is 2. The summed E-state index contributed by atoms with van der Waals surface area (Å²) in [5, 5.41) is 6.58. The van der Waals surface area contributed by atoms with Crippen LogP contribution < -0.4 is 10.6 Å². The van der Waals surface area contributed by atoms with Crippen molar-refractivity contribution in [2.45, 2.75) is 13.5 Å². The molecule has 2 heterocycles. The van der Waals surface area contributed by atoms with E-state index in [2.05, 4.69) is 25.6 Å². The number of halogens is 1. The summed E-state index contributed by atoms with van der Waals surface area (Å²) in [5.74, 6) is 0.173. The number of aromatic nitrogens is 3. The summed E-state index contributed by atoms with van der Waals surface area (Å²) in [4.78, 5) is 24.5. The molecule has 0 bridgehead atoms. The minimum absolute atomic E-state index is 0.238. The molecule has 1 aromatic carbocycles. The molecule has 3 aromatic rings. The standard InChI is InChI=1S/C18H16ClN5O/c1-12-7-15(19)4-5-16(12)24-18-22-10-14(11-23-18)17(25)21-9-13-3-2-6-20-8-13/h2-8,10-11H,9H2,1H3,(H,21,25)(H,22,23,24). The van der Waals surface area contributed by atoms with E-state index in [4.69, 9.17) is 11.6 Å². The van der Waals surface area contributed by atoms with Crippen molar-refractivity contribution in [2.75, 3.05) is 5.32 Å². The number of carbonyl (C=O) groups excluding carboxylic acids is 1. The Morgan fingerprint density at radius 1 is 1.16 bits per heavy atom. The largest absolute Gasteiger partial charge is 0.348 e. The van der Waals surface area contributed by atoms with Gasteiger partial charge in [0, 0.05) is 42.0 Å². The van der Waals surface area contributed by atoms with Crippen molar-refractivity contribution in [3.8, 4) is 0 Å². The van der Waals surface area contributed by atoms with Crippen molar-refractivity contribution < 1.29 is 4.79 Å². The highest BCUT2D eigenvalue weighted by atomic mass is 35.5. The number of rotatable bonds is 5. The first-order chi connectivity index (χ1) is 12.1. The zero-order valence-corrected chi connectivity index (χ0v) is 14.3. The van der Waals surface area contributed by atoms with E-state index in [1.165, 1.54) is 12.4 Å². The number of carbonyl (C=O) groups is 1. The average Bonchev–Trinajstić information content (AvgIpc) is 2.63. The van der Waals surface area contributed by atoms with E-state index in [0.717, 1.165) is 16.8 Å². The third-order valence-electron chi connectivity index (χ3n) is 3.52. The first kappa shape index (κ1) is 16.9. The van der Waals surface area contributed by atoms with Crippen molar-refractivity contribution in [2.24, 2.45) is 0 Å². The number of nitrogens with zero attached hydrogens (tertiary/aromatic N) is 3. The number of nitrogens with one attached hydrogen (secondary N) is 2. The van der Waals surface area contributed by atoms with Crippen LogP contribution in [0.3, 0.4) is 0 Å². The second-order valence-corrected chi connectivity index (χ2v) is 5.86. The van der Waals surface area contributed by atoms with Crippen molar-refractivity contribution in [1.82, 2.24) is 20.3 Å². The van der Waals surface area contributed by atoms with Crippen LogP contribution in [0.15, 0.2) is 55.1 Å². The zero-order chi connectivity index (χ0) is 17.6. The predicted octanol–water partition coefficient (Wildman–Crippen LogP) is 3.51. The third-order valence-corrected chi connectivity index (χ3v) is 3.76. The number of benzene rings is 1. The van der Waals surface area contributed by atoms with Gasteiger partial charge in [0.25, 0.3) is 5.91 Å². The van der Waals surface area contributed by atoms with Crippen LogP contribution >= 0.6 is 11.6 Å². The number of pyridine rings is 1. The van der Waals surface area contributed by atoms with Crippen LogP contribution in [0.4, 0.5) is 11.6 Å². The Balaban J connectivity index is 1.62. The van der Waals surface area contributed by atoms with Gasteiger partial charge in [-0.1, -0.05) is 17.7 Å². The second-order valence-electron chi connectivity index (χ2n) is 5.42. The molecule has 0 aliphatic heterocycles. The van der Waals surface area contributed by atoms with Crippen molar-refractivity contribution in [3.05, 3.63) is 76.8 Å². The van der Waals surface area contributed by atoms with E-state index >= 15 is 0 Å². The normalized spacial score (nSPS) is 10.3.